The molecule has 0 saturated carbocycles. The number of nitrogens with zero attached hydrogens (tertiary/aromatic N) is 3. The van der Waals surface area contributed by atoms with Gasteiger partial charge in [0.25, 0.3) is 5.91 Å². The molecule has 2 aromatic carbocycles. The van der Waals surface area contributed by atoms with Crippen LogP contribution in [-0.2, 0) is 17.4 Å². The molecule has 2 heterocycles. The summed E-state index contributed by atoms with van der Waals surface area (Å²) in [4.78, 5) is 35.5. The van der Waals surface area contributed by atoms with Crippen LogP contribution in [0.3, 0.4) is 0 Å². The lowest BCUT2D eigenvalue weighted by atomic mass is 9.97. The molecule has 0 aliphatic rings. The van der Waals surface area contributed by atoms with Crippen molar-refractivity contribution in [1.29, 1.82) is 0 Å². The van der Waals surface area contributed by atoms with Crippen LogP contribution in [0.5, 0.6) is 0 Å². The maximum Gasteiger partial charge on any atom is 0.435 e. The highest BCUT2D eigenvalue weighted by Crippen LogP contribution is 2.36. The maximum absolute atomic E-state index is 14.0. The van der Waals surface area contributed by atoms with Crippen molar-refractivity contribution >= 4 is 22.6 Å². The summed E-state index contributed by atoms with van der Waals surface area (Å²) in [5, 5.41) is 12.3. The van der Waals surface area contributed by atoms with Crippen molar-refractivity contribution in [3.05, 3.63) is 89.5 Å². The lowest BCUT2D eigenvalue weighted by Crippen LogP contribution is -2.43. The number of hydrogen-bond donors (Lipinski definition) is 2. The second kappa shape index (κ2) is 9.64. The van der Waals surface area contributed by atoms with Gasteiger partial charge in [0, 0.05) is 30.4 Å². The number of hydrogen-bond acceptors (Lipinski definition) is 5. The summed E-state index contributed by atoms with van der Waals surface area (Å²) in [7, 11) is 0. The standard InChI is InChI=1S/C24H15F5N4O3/c25-15-5-2-6-16(26)18(15)22(34)33-17(23(35)36)11-12-3-1-4-14-13(12)7-8-30-19(14)20-21(24(27,28)29)32-10-9-31-20/h1-10,17H,11H2,(H,33,34)(H,35,36)/t17-/m0/s1. The first-order valence-electron chi connectivity index (χ1n) is 10.3. The summed E-state index contributed by atoms with van der Waals surface area (Å²) in [6, 6.07) is 7.10. The third-order valence-electron chi connectivity index (χ3n) is 5.30. The number of fused-ring (bicyclic) bond motifs is 1. The van der Waals surface area contributed by atoms with Crippen molar-refractivity contribution in [2.75, 3.05) is 0 Å². The minimum atomic E-state index is -4.80. The number of benzene rings is 2. The molecule has 2 N–H and O–H groups in total. The molecule has 7 nitrogen and oxygen atoms in total. The van der Waals surface area contributed by atoms with Crippen LogP contribution < -0.4 is 5.32 Å². The zero-order chi connectivity index (χ0) is 26.0. The van der Waals surface area contributed by atoms with Gasteiger partial charge in [0.1, 0.15) is 28.9 Å². The van der Waals surface area contributed by atoms with Gasteiger partial charge < -0.3 is 10.4 Å². The van der Waals surface area contributed by atoms with Crippen LogP contribution >= 0.6 is 0 Å². The molecule has 12 heteroatoms. The Labute approximate surface area is 199 Å². The fraction of sp³-hybridized carbons (Fsp3) is 0.125. The first-order chi connectivity index (χ1) is 17.1. The molecular weight excluding hydrogens is 487 g/mol. The van der Waals surface area contributed by atoms with Crippen molar-refractivity contribution in [1.82, 2.24) is 20.3 Å². The van der Waals surface area contributed by atoms with E-state index in [2.05, 4.69) is 20.3 Å². The summed E-state index contributed by atoms with van der Waals surface area (Å²) in [5.41, 5.74) is -2.48. The Hall–Kier alpha value is -4.48. The normalized spacial score (nSPS) is 12.4. The number of aromatic nitrogens is 3. The van der Waals surface area contributed by atoms with Crippen molar-refractivity contribution in [3.63, 3.8) is 0 Å². The number of carboxylic acids is 1. The van der Waals surface area contributed by atoms with E-state index in [1.54, 1.807) is 0 Å². The zero-order valence-electron chi connectivity index (χ0n) is 18.1. The maximum atomic E-state index is 14.0. The van der Waals surface area contributed by atoms with E-state index in [9.17, 15) is 36.6 Å². The molecule has 4 aromatic rings. The molecule has 4 rings (SSSR count). The first kappa shape index (κ1) is 24.6. The van der Waals surface area contributed by atoms with Gasteiger partial charge in [0.2, 0.25) is 0 Å². The van der Waals surface area contributed by atoms with E-state index in [1.807, 2.05) is 0 Å². The average Bonchev–Trinajstić information content (AvgIpc) is 2.82. The first-order valence-corrected chi connectivity index (χ1v) is 10.3. The SMILES string of the molecule is O=C(N[C@@H](Cc1cccc2c(-c3nccnc3C(F)(F)F)nccc12)C(=O)O)c1c(F)cccc1F. The summed E-state index contributed by atoms with van der Waals surface area (Å²) in [6.07, 6.45) is -1.91. The number of alkyl halides is 3. The Morgan fingerprint density at radius 2 is 1.50 bits per heavy atom. The van der Waals surface area contributed by atoms with Crippen molar-refractivity contribution < 1.29 is 36.6 Å². The third kappa shape index (κ3) is 4.83. The Bertz CT molecular complexity index is 1460. The second-order valence-corrected chi connectivity index (χ2v) is 7.59. The summed E-state index contributed by atoms with van der Waals surface area (Å²) in [6.45, 7) is 0. The number of nitrogens with one attached hydrogen (secondary N) is 1. The van der Waals surface area contributed by atoms with E-state index < -0.39 is 52.7 Å². The van der Waals surface area contributed by atoms with Gasteiger partial charge >= 0.3 is 12.1 Å². The summed E-state index contributed by atoms with van der Waals surface area (Å²) in [5.74, 6) is -5.08. The molecule has 1 amide bonds. The Balaban J connectivity index is 1.73. The van der Waals surface area contributed by atoms with E-state index in [1.165, 1.54) is 30.5 Å². The number of rotatable bonds is 6. The monoisotopic (exact) mass is 502 g/mol. The molecule has 0 aliphatic carbocycles. The van der Waals surface area contributed by atoms with Crippen molar-refractivity contribution in [3.8, 4) is 11.4 Å². The molecule has 0 aliphatic heterocycles. The number of carbonyl (C=O) groups excluding carboxylic acids is 1. The van der Waals surface area contributed by atoms with Gasteiger partial charge in [0.05, 0.1) is 5.69 Å². The van der Waals surface area contributed by atoms with Gasteiger partial charge in [-0.3, -0.25) is 14.8 Å². The summed E-state index contributed by atoms with van der Waals surface area (Å²) < 4.78 is 68.4. The Morgan fingerprint density at radius 1 is 0.861 bits per heavy atom. The van der Waals surface area contributed by atoms with Crippen LogP contribution in [-0.4, -0.2) is 38.0 Å². The third-order valence-corrected chi connectivity index (χ3v) is 5.30. The summed E-state index contributed by atoms with van der Waals surface area (Å²) >= 11 is 0. The van der Waals surface area contributed by atoms with Crippen molar-refractivity contribution in [2.24, 2.45) is 0 Å². The van der Waals surface area contributed by atoms with E-state index in [-0.39, 0.29) is 17.5 Å². The number of pyridine rings is 1. The van der Waals surface area contributed by atoms with Gasteiger partial charge in [-0.1, -0.05) is 24.3 Å². The van der Waals surface area contributed by atoms with Crippen LogP contribution in [0.25, 0.3) is 22.2 Å². The molecule has 0 spiro atoms. The molecule has 0 radical (unpaired) electrons. The number of halogens is 5. The minimum Gasteiger partial charge on any atom is -0.480 e. The van der Waals surface area contributed by atoms with E-state index in [0.29, 0.717) is 10.9 Å². The largest absolute Gasteiger partial charge is 0.480 e. The predicted octanol–water partition coefficient (Wildman–Crippen LogP) is 4.41. The fourth-order valence-corrected chi connectivity index (χ4v) is 3.72. The molecule has 184 valence electrons. The highest BCUT2D eigenvalue weighted by molar-refractivity contribution is 5.98. The van der Waals surface area contributed by atoms with Crippen LogP contribution in [0.1, 0.15) is 21.6 Å². The quantitative estimate of drug-likeness (QED) is 0.379. The fourth-order valence-electron chi connectivity index (χ4n) is 3.72. The van der Waals surface area contributed by atoms with Gasteiger partial charge in [-0.25, -0.2) is 18.6 Å². The minimum absolute atomic E-state index is 0.126. The molecule has 2 aromatic heterocycles. The molecule has 0 saturated heterocycles. The number of carboxylic acid groups (broad SMARTS) is 1. The molecule has 36 heavy (non-hydrogen) atoms. The van der Waals surface area contributed by atoms with E-state index >= 15 is 0 Å². The molecular formula is C24H15F5N4O3. The second-order valence-electron chi connectivity index (χ2n) is 7.59. The van der Waals surface area contributed by atoms with Crippen LogP contribution in [0.2, 0.25) is 0 Å². The Morgan fingerprint density at radius 3 is 2.17 bits per heavy atom. The zero-order valence-corrected chi connectivity index (χ0v) is 18.1. The highest BCUT2D eigenvalue weighted by atomic mass is 19.4. The van der Waals surface area contributed by atoms with Crippen LogP contribution in [0.4, 0.5) is 22.0 Å². The molecule has 1 atom stereocenters. The number of amides is 1. The number of aliphatic carboxylic acids is 1. The average molecular weight is 502 g/mol. The lowest BCUT2D eigenvalue weighted by Gasteiger charge is -2.17. The van der Waals surface area contributed by atoms with Gasteiger partial charge in [0.15, 0.2) is 5.69 Å². The van der Waals surface area contributed by atoms with Crippen LogP contribution in [0.15, 0.2) is 61.1 Å². The van der Waals surface area contributed by atoms with E-state index in [4.69, 9.17) is 0 Å². The smallest absolute Gasteiger partial charge is 0.435 e. The van der Waals surface area contributed by atoms with Gasteiger partial charge in [-0.2, -0.15) is 13.2 Å². The number of carbonyl (C=O) groups is 2. The molecule has 0 fully saturated rings. The lowest BCUT2D eigenvalue weighted by molar-refractivity contribution is -0.141. The topological polar surface area (TPSA) is 105 Å². The highest BCUT2D eigenvalue weighted by Gasteiger charge is 2.37. The van der Waals surface area contributed by atoms with Crippen molar-refractivity contribution in [2.45, 2.75) is 18.6 Å². The van der Waals surface area contributed by atoms with Crippen LogP contribution in [0, 0.1) is 11.6 Å². The van der Waals surface area contributed by atoms with Gasteiger partial charge in [-0.15, -0.1) is 0 Å². The Kier molecular flexibility index (Phi) is 6.60. The molecule has 0 unspecified atom stereocenters. The predicted molar refractivity (Wildman–Crippen MR) is 117 cm³/mol. The molecule has 0 bridgehead atoms. The van der Waals surface area contributed by atoms with Gasteiger partial charge in [-0.05, 0) is 29.1 Å². The van der Waals surface area contributed by atoms with E-state index in [0.717, 1.165) is 30.6 Å².